The van der Waals surface area contributed by atoms with Crippen LogP contribution in [-0.4, -0.2) is 10.5 Å². The second-order valence-electron chi connectivity index (χ2n) is 7.13. The average Bonchev–Trinajstić information content (AvgIpc) is 3.40. The first-order valence-electron chi connectivity index (χ1n) is 9.22. The van der Waals surface area contributed by atoms with E-state index in [-0.39, 0.29) is 23.3 Å². The van der Waals surface area contributed by atoms with Crippen LogP contribution in [0.3, 0.4) is 0 Å². The highest BCUT2D eigenvalue weighted by Crippen LogP contribution is 2.41. The van der Waals surface area contributed by atoms with Crippen molar-refractivity contribution in [3.8, 4) is 0 Å². The molecule has 1 aromatic carbocycles. The molecular weight excluding hydrogens is 340 g/mol. The number of hydrogen-bond donors (Lipinski definition) is 1. The Bertz CT molecular complexity index is 997. The monoisotopic (exact) mass is 362 g/mol. The highest BCUT2D eigenvalue weighted by Gasteiger charge is 2.34. The SMILES string of the molecule is Cc1ccc(C(NC(=O)c2ccc(Cn3ccccc3=O)o2)C2CC2)cc1. The molecule has 0 saturated heterocycles. The summed E-state index contributed by atoms with van der Waals surface area (Å²) in [7, 11) is 0. The zero-order valence-corrected chi connectivity index (χ0v) is 15.2. The van der Waals surface area contributed by atoms with Crippen molar-refractivity contribution in [1.29, 1.82) is 0 Å². The van der Waals surface area contributed by atoms with Crippen molar-refractivity contribution in [3.05, 3.63) is 93.8 Å². The summed E-state index contributed by atoms with van der Waals surface area (Å²) in [4.78, 5) is 24.5. The summed E-state index contributed by atoms with van der Waals surface area (Å²) in [5.74, 6) is 1.10. The van der Waals surface area contributed by atoms with Gasteiger partial charge >= 0.3 is 0 Å². The summed E-state index contributed by atoms with van der Waals surface area (Å²) in [5, 5.41) is 3.12. The zero-order valence-electron chi connectivity index (χ0n) is 15.2. The van der Waals surface area contributed by atoms with Gasteiger partial charge in [0.25, 0.3) is 11.5 Å². The number of furan rings is 1. The van der Waals surface area contributed by atoms with Crippen LogP contribution in [0.4, 0.5) is 0 Å². The van der Waals surface area contributed by atoms with Crippen molar-refractivity contribution in [3.63, 3.8) is 0 Å². The number of carbonyl (C=O) groups is 1. The van der Waals surface area contributed by atoms with Crippen molar-refractivity contribution < 1.29 is 9.21 Å². The number of pyridine rings is 1. The van der Waals surface area contributed by atoms with E-state index in [0.717, 1.165) is 18.4 Å². The fourth-order valence-corrected chi connectivity index (χ4v) is 3.23. The molecule has 27 heavy (non-hydrogen) atoms. The van der Waals surface area contributed by atoms with Gasteiger partial charge in [-0.25, -0.2) is 0 Å². The van der Waals surface area contributed by atoms with E-state index in [1.165, 1.54) is 11.6 Å². The lowest BCUT2D eigenvalue weighted by Gasteiger charge is -2.18. The largest absolute Gasteiger partial charge is 0.454 e. The van der Waals surface area contributed by atoms with Gasteiger partial charge in [0.15, 0.2) is 5.76 Å². The highest BCUT2D eigenvalue weighted by atomic mass is 16.4. The molecule has 0 aliphatic heterocycles. The van der Waals surface area contributed by atoms with Crippen LogP contribution < -0.4 is 10.9 Å². The van der Waals surface area contributed by atoms with Crippen LogP contribution in [-0.2, 0) is 6.54 Å². The second-order valence-corrected chi connectivity index (χ2v) is 7.13. The van der Waals surface area contributed by atoms with Gasteiger partial charge < -0.3 is 14.3 Å². The molecule has 2 aromatic heterocycles. The third-order valence-corrected chi connectivity index (χ3v) is 4.93. The molecule has 138 valence electrons. The molecule has 1 aliphatic carbocycles. The van der Waals surface area contributed by atoms with E-state index in [0.29, 0.717) is 18.2 Å². The Morgan fingerprint density at radius 2 is 1.93 bits per heavy atom. The van der Waals surface area contributed by atoms with Gasteiger partial charge in [-0.3, -0.25) is 9.59 Å². The van der Waals surface area contributed by atoms with Crippen LogP contribution in [0.15, 0.2) is 70.0 Å². The molecular formula is C22H22N2O3. The Kier molecular flexibility index (Phi) is 4.67. The van der Waals surface area contributed by atoms with Crippen LogP contribution in [0.5, 0.6) is 0 Å². The predicted molar refractivity (Wildman–Crippen MR) is 103 cm³/mol. The topological polar surface area (TPSA) is 64.2 Å². The van der Waals surface area contributed by atoms with Crippen molar-refractivity contribution >= 4 is 5.91 Å². The van der Waals surface area contributed by atoms with Crippen LogP contribution in [0.25, 0.3) is 0 Å². The average molecular weight is 362 g/mol. The van der Waals surface area contributed by atoms with Gasteiger partial charge in [0.1, 0.15) is 5.76 Å². The Hall–Kier alpha value is -3.08. The van der Waals surface area contributed by atoms with Gasteiger partial charge in [-0.15, -0.1) is 0 Å². The Labute approximate surface area is 157 Å². The van der Waals surface area contributed by atoms with Crippen molar-refractivity contribution in [2.45, 2.75) is 32.4 Å². The number of nitrogens with zero attached hydrogens (tertiary/aromatic N) is 1. The van der Waals surface area contributed by atoms with Crippen molar-refractivity contribution in [2.75, 3.05) is 0 Å². The van der Waals surface area contributed by atoms with Gasteiger partial charge in [-0.05, 0) is 49.4 Å². The van der Waals surface area contributed by atoms with E-state index in [1.807, 2.05) is 0 Å². The molecule has 1 atom stereocenters. The number of aryl methyl sites for hydroxylation is 1. The standard InChI is InChI=1S/C22H22N2O3/c1-15-5-7-16(8-6-15)21(17-9-10-17)23-22(26)19-12-11-18(27-19)14-24-13-3-2-4-20(24)25/h2-8,11-13,17,21H,9-10,14H2,1H3,(H,23,26). The molecule has 2 heterocycles. The minimum absolute atomic E-state index is 0.00314. The van der Waals surface area contributed by atoms with E-state index in [9.17, 15) is 9.59 Å². The number of amides is 1. The lowest BCUT2D eigenvalue weighted by Crippen LogP contribution is -2.29. The van der Waals surface area contributed by atoms with E-state index in [1.54, 1.807) is 35.0 Å². The van der Waals surface area contributed by atoms with E-state index in [4.69, 9.17) is 4.42 Å². The van der Waals surface area contributed by atoms with E-state index >= 15 is 0 Å². The number of aromatic nitrogens is 1. The van der Waals surface area contributed by atoms with Crippen LogP contribution in [0.2, 0.25) is 0 Å². The lowest BCUT2D eigenvalue weighted by atomic mass is 10.0. The molecule has 3 aromatic rings. The van der Waals surface area contributed by atoms with Gasteiger partial charge in [0.2, 0.25) is 0 Å². The summed E-state index contributed by atoms with van der Waals surface area (Å²) >= 11 is 0. The first-order valence-corrected chi connectivity index (χ1v) is 9.22. The third-order valence-electron chi connectivity index (χ3n) is 4.93. The Balaban J connectivity index is 1.48. The smallest absolute Gasteiger partial charge is 0.287 e. The molecule has 5 heteroatoms. The Morgan fingerprint density at radius 3 is 2.63 bits per heavy atom. The van der Waals surface area contributed by atoms with E-state index < -0.39 is 0 Å². The molecule has 1 aliphatic rings. The van der Waals surface area contributed by atoms with Gasteiger partial charge in [-0.2, -0.15) is 0 Å². The third kappa shape index (κ3) is 4.03. The quantitative estimate of drug-likeness (QED) is 0.727. The molecule has 1 amide bonds. The molecule has 1 unspecified atom stereocenters. The summed E-state index contributed by atoms with van der Waals surface area (Å²) in [6.07, 6.45) is 3.95. The summed E-state index contributed by atoms with van der Waals surface area (Å²) in [5.41, 5.74) is 2.22. The summed E-state index contributed by atoms with van der Waals surface area (Å²) in [6, 6.07) is 16.7. The minimum Gasteiger partial charge on any atom is -0.454 e. The van der Waals surface area contributed by atoms with Gasteiger partial charge in [-0.1, -0.05) is 35.9 Å². The fraction of sp³-hybridized carbons (Fsp3) is 0.273. The zero-order chi connectivity index (χ0) is 18.8. The summed E-state index contributed by atoms with van der Waals surface area (Å²) < 4.78 is 7.23. The number of hydrogen-bond acceptors (Lipinski definition) is 3. The fourth-order valence-electron chi connectivity index (χ4n) is 3.23. The van der Waals surface area contributed by atoms with Crippen molar-refractivity contribution in [1.82, 2.24) is 9.88 Å². The van der Waals surface area contributed by atoms with Crippen molar-refractivity contribution in [2.24, 2.45) is 5.92 Å². The maximum absolute atomic E-state index is 12.7. The van der Waals surface area contributed by atoms with Gasteiger partial charge in [0.05, 0.1) is 12.6 Å². The van der Waals surface area contributed by atoms with Crippen LogP contribution >= 0.6 is 0 Å². The van der Waals surface area contributed by atoms with Gasteiger partial charge in [0, 0.05) is 12.3 Å². The molecule has 5 nitrogen and oxygen atoms in total. The first kappa shape index (κ1) is 17.3. The molecule has 0 bridgehead atoms. The maximum Gasteiger partial charge on any atom is 0.287 e. The number of nitrogens with one attached hydrogen (secondary N) is 1. The normalized spacial score (nSPS) is 14.7. The highest BCUT2D eigenvalue weighted by molar-refractivity contribution is 5.91. The molecule has 0 spiro atoms. The molecule has 1 fully saturated rings. The van der Waals surface area contributed by atoms with Crippen LogP contribution in [0.1, 0.15) is 46.3 Å². The summed E-state index contributed by atoms with van der Waals surface area (Å²) in [6.45, 7) is 2.36. The predicted octanol–water partition coefficient (Wildman–Crippen LogP) is 3.68. The number of benzene rings is 1. The Morgan fingerprint density at radius 1 is 1.15 bits per heavy atom. The number of rotatable bonds is 6. The van der Waals surface area contributed by atoms with E-state index in [2.05, 4.69) is 36.5 Å². The second kappa shape index (κ2) is 7.27. The molecule has 0 radical (unpaired) electrons. The lowest BCUT2D eigenvalue weighted by molar-refractivity contribution is 0.0901. The molecule has 1 N–H and O–H groups in total. The molecule has 4 rings (SSSR count). The maximum atomic E-state index is 12.7. The molecule has 1 saturated carbocycles. The number of carbonyl (C=O) groups excluding carboxylic acids is 1. The first-order chi connectivity index (χ1) is 13.1. The van der Waals surface area contributed by atoms with Crippen LogP contribution in [0, 0.1) is 12.8 Å². The minimum atomic E-state index is -0.223.